The van der Waals surface area contributed by atoms with E-state index in [4.69, 9.17) is 0 Å². The van der Waals surface area contributed by atoms with Gasteiger partial charge in [-0.15, -0.1) is 0 Å². The predicted octanol–water partition coefficient (Wildman–Crippen LogP) is 23.4. The Bertz CT molecular complexity index is 5690. The second kappa shape index (κ2) is 20.7. The molecule has 3 heterocycles. The van der Waals surface area contributed by atoms with Crippen molar-refractivity contribution < 1.29 is 0 Å². The lowest BCUT2D eigenvalue weighted by atomic mass is 9.81. The zero-order valence-corrected chi connectivity index (χ0v) is 50.5. The summed E-state index contributed by atoms with van der Waals surface area (Å²) >= 11 is 0. The molecule has 0 amide bonds. The zero-order chi connectivity index (χ0) is 60.3. The first-order valence-electron chi connectivity index (χ1n) is 31.6. The van der Waals surface area contributed by atoms with Crippen molar-refractivity contribution in [3.63, 3.8) is 0 Å². The molecule has 0 atom stereocenters. The van der Waals surface area contributed by atoms with E-state index < -0.39 is 0 Å². The third-order valence-electron chi connectivity index (χ3n) is 19.4. The molecular weight excluding hydrogens is 1100 g/mol. The number of anilines is 3. The van der Waals surface area contributed by atoms with E-state index in [9.17, 15) is 0 Å². The Labute approximate surface area is 528 Å². The molecule has 1 aliphatic carbocycles. The molecule has 4 heteroatoms. The van der Waals surface area contributed by atoms with Crippen molar-refractivity contribution in [2.24, 2.45) is 0 Å². The van der Waals surface area contributed by atoms with E-state index in [1.54, 1.807) is 0 Å². The van der Waals surface area contributed by atoms with Crippen LogP contribution in [-0.2, 0) is 5.41 Å². The average molecular weight is 1160 g/mol. The van der Waals surface area contributed by atoms with Crippen LogP contribution in [0.5, 0.6) is 0 Å². The molecule has 0 spiro atoms. The Morgan fingerprint density at radius 2 is 0.527 bits per heavy atom. The molecule has 0 saturated carbocycles. The average Bonchev–Trinajstić information content (AvgIpc) is 1.63. The van der Waals surface area contributed by atoms with Crippen molar-refractivity contribution in [1.29, 1.82) is 0 Å². The van der Waals surface area contributed by atoms with Crippen LogP contribution in [0.15, 0.2) is 328 Å². The van der Waals surface area contributed by atoms with E-state index in [-0.39, 0.29) is 5.41 Å². The van der Waals surface area contributed by atoms with Crippen molar-refractivity contribution in [3.8, 4) is 72.7 Å². The predicted molar refractivity (Wildman–Crippen MR) is 383 cm³/mol. The number of fused-ring (bicyclic) bond motifs is 12. The number of benzene rings is 14. The summed E-state index contributed by atoms with van der Waals surface area (Å²) < 4.78 is 7.16. The van der Waals surface area contributed by atoms with Crippen LogP contribution in [0.3, 0.4) is 0 Å². The summed E-state index contributed by atoms with van der Waals surface area (Å²) in [6.45, 7) is 4.80. The normalized spacial score (nSPS) is 12.6. The van der Waals surface area contributed by atoms with Gasteiger partial charge in [-0.2, -0.15) is 0 Å². The second-order valence-electron chi connectivity index (χ2n) is 24.9. The van der Waals surface area contributed by atoms with Crippen LogP contribution >= 0.6 is 0 Å². The minimum atomic E-state index is -0.274. The van der Waals surface area contributed by atoms with E-state index in [1.807, 2.05) is 0 Å². The van der Waals surface area contributed by atoms with Gasteiger partial charge in [0.05, 0.1) is 33.1 Å². The molecule has 0 fully saturated rings. The Balaban J connectivity index is 0.702. The molecular formula is C87H60N4. The fraction of sp³-hybridized carbons (Fsp3) is 0.0345. The maximum atomic E-state index is 2.45. The molecule has 18 rings (SSSR count). The van der Waals surface area contributed by atoms with E-state index in [0.717, 1.165) is 33.9 Å². The lowest BCUT2D eigenvalue weighted by Gasteiger charge is -2.28. The van der Waals surface area contributed by atoms with Gasteiger partial charge in [0.2, 0.25) is 0 Å². The number of hydrogen-bond acceptors (Lipinski definition) is 1. The van der Waals surface area contributed by atoms with E-state index in [1.165, 1.54) is 132 Å². The first-order chi connectivity index (χ1) is 44.9. The number of hydrogen-bond donors (Lipinski definition) is 0. The maximum Gasteiger partial charge on any atom is 0.0547 e. The highest BCUT2D eigenvalue weighted by Gasteiger charge is 2.36. The van der Waals surface area contributed by atoms with Gasteiger partial charge in [0.1, 0.15) is 0 Å². The summed E-state index contributed by atoms with van der Waals surface area (Å²) in [6.07, 6.45) is 0. The monoisotopic (exact) mass is 1160 g/mol. The summed E-state index contributed by atoms with van der Waals surface area (Å²) in [5.41, 5.74) is 28.5. The van der Waals surface area contributed by atoms with Gasteiger partial charge in [0.25, 0.3) is 0 Å². The molecule has 0 radical (unpaired) electrons. The SMILES string of the molecule is CC1(C)c2cc(-c3ccc4c(c3)c3ccccc3n4-c3ccccc3)ccc2-c2ccc(N(c3ccc(-c4ccc(-c5ccc6c(c5)c5ccccc5n6-c5ccccc5)cc4)cc3)c3ccc(-c4ccc5c6ccccc6n(-c6ccccc6)c5c4)cc3)cc21. The van der Waals surface area contributed by atoms with Crippen LogP contribution in [0.1, 0.15) is 25.0 Å². The lowest BCUT2D eigenvalue weighted by Crippen LogP contribution is -2.16. The molecule has 0 saturated heterocycles. The fourth-order valence-electron chi connectivity index (χ4n) is 15.0. The van der Waals surface area contributed by atoms with Crippen LogP contribution in [0.2, 0.25) is 0 Å². The summed E-state index contributed by atoms with van der Waals surface area (Å²) in [6, 6.07) is 121. The highest BCUT2D eigenvalue weighted by molar-refractivity contribution is 6.13. The molecule has 14 aromatic carbocycles. The minimum absolute atomic E-state index is 0.274. The fourth-order valence-corrected chi connectivity index (χ4v) is 15.0. The van der Waals surface area contributed by atoms with Crippen molar-refractivity contribution in [1.82, 2.24) is 13.7 Å². The molecule has 1 aliphatic rings. The summed E-state index contributed by atoms with van der Waals surface area (Å²) in [7, 11) is 0. The van der Waals surface area contributed by atoms with E-state index in [2.05, 4.69) is 360 Å². The van der Waals surface area contributed by atoms with Crippen LogP contribution in [0.4, 0.5) is 17.1 Å². The third-order valence-corrected chi connectivity index (χ3v) is 19.4. The molecule has 4 nitrogen and oxygen atoms in total. The van der Waals surface area contributed by atoms with Gasteiger partial charge in [-0.25, -0.2) is 0 Å². The topological polar surface area (TPSA) is 18.0 Å². The van der Waals surface area contributed by atoms with Crippen molar-refractivity contribution in [3.05, 3.63) is 339 Å². The van der Waals surface area contributed by atoms with Crippen LogP contribution < -0.4 is 4.90 Å². The zero-order valence-electron chi connectivity index (χ0n) is 50.5. The lowest BCUT2D eigenvalue weighted by molar-refractivity contribution is 0.660. The van der Waals surface area contributed by atoms with Gasteiger partial charge >= 0.3 is 0 Å². The summed E-state index contributed by atoms with van der Waals surface area (Å²) in [5.74, 6) is 0. The van der Waals surface area contributed by atoms with E-state index >= 15 is 0 Å². The maximum absolute atomic E-state index is 2.45. The van der Waals surface area contributed by atoms with Crippen LogP contribution in [0.25, 0.3) is 138 Å². The standard InChI is InChI=1S/C87H60N4/c1-87(2)79-54-63(62-41-51-85-78(53-62)75-26-14-17-29-83(75)90(85)66-20-8-4-9-21-66)38-47-71(79)72-49-46-70(56-80(72)87)88(69-44-36-60(37-45-69)64-39-48-76-73-24-12-15-27-81(73)91(86(76)55-64)67-22-10-5-11-23-67)68-42-34-58(35-43-68)57-30-32-59(33-31-57)61-40-50-84-77(52-61)74-25-13-16-28-82(74)89(84)65-18-6-3-7-19-65/h3-56H,1-2H3. The number of aromatic nitrogens is 3. The molecule has 0 N–H and O–H groups in total. The highest BCUT2D eigenvalue weighted by Crippen LogP contribution is 2.52. The van der Waals surface area contributed by atoms with Crippen molar-refractivity contribution >= 4 is 82.5 Å². The van der Waals surface area contributed by atoms with E-state index in [0.29, 0.717) is 0 Å². The quantitative estimate of drug-likeness (QED) is 0.133. The first kappa shape index (κ1) is 52.4. The third kappa shape index (κ3) is 8.44. The molecule has 17 aromatic rings. The van der Waals surface area contributed by atoms with Gasteiger partial charge in [-0.1, -0.05) is 214 Å². The molecule has 3 aromatic heterocycles. The number of rotatable bonds is 10. The van der Waals surface area contributed by atoms with Gasteiger partial charge in [0.15, 0.2) is 0 Å². The molecule has 0 aliphatic heterocycles. The smallest absolute Gasteiger partial charge is 0.0547 e. The van der Waals surface area contributed by atoms with Crippen molar-refractivity contribution in [2.45, 2.75) is 19.3 Å². The molecule has 428 valence electrons. The van der Waals surface area contributed by atoms with Gasteiger partial charge in [-0.05, 0) is 194 Å². The number of para-hydroxylation sites is 6. The summed E-state index contributed by atoms with van der Waals surface area (Å²) in [5, 5.41) is 7.51. The molecule has 0 bridgehead atoms. The Morgan fingerprint density at radius 1 is 0.220 bits per heavy atom. The Kier molecular flexibility index (Phi) is 11.9. The second-order valence-corrected chi connectivity index (χ2v) is 24.9. The number of nitrogens with zero attached hydrogens (tertiary/aromatic N) is 4. The minimum Gasteiger partial charge on any atom is -0.310 e. The van der Waals surface area contributed by atoms with Gasteiger partial charge in [0, 0.05) is 71.9 Å². The highest BCUT2D eigenvalue weighted by atomic mass is 15.1. The largest absolute Gasteiger partial charge is 0.310 e. The van der Waals surface area contributed by atoms with Gasteiger partial charge < -0.3 is 18.6 Å². The van der Waals surface area contributed by atoms with Crippen molar-refractivity contribution in [2.75, 3.05) is 4.90 Å². The Hall–Kier alpha value is -11.7. The first-order valence-corrected chi connectivity index (χ1v) is 31.6. The van der Waals surface area contributed by atoms with Crippen LogP contribution in [0, 0.1) is 0 Å². The van der Waals surface area contributed by atoms with Crippen LogP contribution in [-0.4, -0.2) is 13.7 Å². The molecule has 0 unspecified atom stereocenters. The van der Waals surface area contributed by atoms with Gasteiger partial charge in [-0.3, -0.25) is 0 Å². The Morgan fingerprint density at radius 3 is 1.02 bits per heavy atom. The summed E-state index contributed by atoms with van der Waals surface area (Å²) in [4.78, 5) is 2.43. The molecule has 91 heavy (non-hydrogen) atoms.